The van der Waals surface area contributed by atoms with Crippen LogP contribution in [0.1, 0.15) is 35.5 Å². The normalized spacial score (nSPS) is 15.2. The fourth-order valence-corrected chi connectivity index (χ4v) is 5.92. The number of thioether (sulfide) groups is 1. The second-order valence-corrected chi connectivity index (χ2v) is 9.51. The van der Waals surface area contributed by atoms with E-state index in [1.54, 1.807) is 11.3 Å². The highest BCUT2D eigenvalue weighted by Gasteiger charge is 2.20. The Hall–Kier alpha value is -2.85. The maximum Gasteiger partial charge on any atom is 0.277 e. The third-order valence-electron chi connectivity index (χ3n) is 5.49. The summed E-state index contributed by atoms with van der Waals surface area (Å²) in [6.45, 7) is 0.227. The molecule has 1 aromatic carbocycles. The molecule has 2 aliphatic rings. The number of benzene rings is 1. The molecular weight excluding hydrogens is 434 g/mol. The van der Waals surface area contributed by atoms with Gasteiger partial charge in [0.2, 0.25) is 12.7 Å². The van der Waals surface area contributed by atoms with Gasteiger partial charge in [-0.2, -0.15) is 0 Å². The van der Waals surface area contributed by atoms with Crippen molar-refractivity contribution in [3.05, 3.63) is 34.5 Å². The number of nitrogens with zero attached hydrogens (tertiary/aromatic N) is 4. The number of anilines is 1. The van der Waals surface area contributed by atoms with E-state index in [0.717, 1.165) is 28.6 Å². The first kappa shape index (κ1) is 18.9. The molecule has 158 valence electrons. The van der Waals surface area contributed by atoms with Gasteiger partial charge in [0.15, 0.2) is 11.5 Å². The van der Waals surface area contributed by atoms with Crippen LogP contribution in [0.5, 0.6) is 11.5 Å². The van der Waals surface area contributed by atoms with E-state index in [-0.39, 0.29) is 6.79 Å². The predicted octanol–water partition coefficient (Wildman–Crippen LogP) is 4.61. The lowest BCUT2D eigenvalue weighted by atomic mass is 10.1. The van der Waals surface area contributed by atoms with Gasteiger partial charge in [0, 0.05) is 10.4 Å². The van der Waals surface area contributed by atoms with Gasteiger partial charge in [-0.1, -0.05) is 18.2 Å². The lowest BCUT2D eigenvalue weighted by Crippen LogP contribution is -2.00. The van der Waals surface area contributed by atoms with Crippen LogP contribution in [0.15, 0.2) is 27.8 Å². The highest BCUT2D eigenvalue weighted by atomic mass is 32.2. The summed E-state index contributed by atoms with van der Waals surface area (Å²) in [6, 6.07) is 5.54. The van der Waals surface area contributed by atoms with E-state index in [9.17, 15) is 0 Å². The second-order valence-electron chi connectivity index (χ2n) is 7.50. The largest absolute Gasteiger partial charge is 0.454 e. The fraction of sp³-hybridized carbons (Fsp3) is 0.333. The standard InChI is InChI=1S/C21H19N5O3S2/c22-18-17-12-4-2-1-3-5-15(12)31-20(17)24-16(23-18)9-30-21-26-25-19(29-21)11-6-7-13-14(8-11)28-10-27-13/h6-8H,1-5,9-10H2,(H2,22,23,24). The van der Waals surface area contributed by atoms with Gasteiger partial charge < -0.3 is 19.6 Å². The van der Waals surface area contributed by atoms with E-state index in [0.29, 0.717) is 40.0 Å². The molecule has 8 nitrogen and oxygen atoms in total. The Morgan fingerprint density at radius 2 is 1.94 bits per heavy atom. The van der Waals surface area contributed by atoms with Crippen molar-refractivity contribution in [3.8, 4) is 23.0 Å². The first-order valence-electron chi connectivity index (χ1n) is 10.2. The molecule has 2 N–H and O–H groups in total. The summed E-state index contributed by atoms with van der Waals surface area (Å²) >= 11 is 3.16. The Labute approximate surface area is 186 Å². The molecule has 3 aromatic heterocycles. The van der Waals surface area contributed by atoms with Gasteiger partial charge in [-0.15, -0.1) is 21.5 Å². The van der Waals surface area contributed by atoms with Crippen molar-refractivity contribution in [2.75, 3.05) is 12.5 Å². The average Bonchev–Trinajstić information content (AvgIpc) is 3.47. The molecule has 4 heterocycles. The fourth-order valence-electron chi connectivity index (χ4n) is 4.01. The molecule has 0 atom stereocenters. The first-order valence-corrected chi connectivity index (χ1v) is 12.0. The van der Waals surface area contributed by atoms with Crippen molar-refractivity contribution in [2.45, 2.75) is 43.1 Å². The maximum absolute atomic E-state index is 6.34. The number of thiophene rings is 1. The van der Waals surface area contributed by atoms with Gasteiger partial charge in [0.05, 0.1) is 11.1 Å². The van der Waals surface area contributed by atoms with Crippen molar-refractivity contribution < 1.29 is 13.9 Å². The zero-order valence-corrected chi connectivity index (χ0v) is 18.2. The number of rotatable bonds is 4. The van der Waals surface area contributed by atoms with Crippen LogP contribution in [0, 0.1) is 0 Å². The molecule has 0 amide bonds. The van der Waals surface area contributed by atoms with Gasteiger partial charge in [0.1, 0.15) is 16.5 Å². The molecule has 0 saturated heterocycles. The highest BCUT2D eigenvalue weighted by Crippen LogP contribution is 2.38. The molecular formula is C21H19N5O3S2. The lowest BCUT2D eigenvalue weighted by molar-refractivity contribution is 0.174. The molecule has 6 rings (SSSR count). The number of hydrogen-bond donors (Lipinski definition) is 1. The van der Waals surface area contributed by atoms with Crippen molar-refractivity contribution in [2.24, 2.45) is 0 Å². The summed E-state index contributed by atoms with van der Waals surface area (Å²) < 4.78 is 16.6. The Morgan fingerprint density at radius 3 is 2.90 bits per heavy atom. The van der Waals surface area contributed by atoms with Gasteiger partial charge in [-0.25, -0.2) is 9.97 Å². The van der Waals surface area contributed by atoms with Crippen LogP contribution in [0.3, 0.4) is 0 Å². The van der Waals surface area contributed by atoms with Gasteiger partial charge in [0.25, 0.3) is 5.22 Å². The number of nitrogens with two attached hydrogens (primary N) is 1. The Kier molecular flexibility index (Phi) is 4.68. The van der Waals surface area contributed by atoms with Crippen molar-refractivity contribution >= 4 is 39.1 Å². The van der Waals surface area contributed by atoms with Crippen LogP contribution in [-0.2, 0) is 18.6 Å². The minimum absolute atomic E-state index is 0.227. The van der Waals surface area contributed by atoms with E-state index in [2.05, 4.69) is 15.2 Å². The van der Waals surface area contributed by atoms with E-state index >= 15 is 0 Å². The van der Waals surface area contributed by atoms with Crippen LogP contribution in [0.2, 0.25) is 0 Å². The molecule has 0 radical (unpaired) electrons. The van der Waals surface area contributed by atoms with Gasteiger partial charge >= 0.3 is 0 Å². The van der Waals surface area contributed by atoms with Crippen molar-refractivity contribution in [1.29, 1.82) is 0 Å². The molecule has 0 fully saturated rings. The Bertz CT molecular complexity index is 1290. The van der Waals surface area contributed by atoms with Gasteiger partial charge in [-0.3, -0.25) is 0 Å². The summed E-state index contributed by atoms with van der Waals surface area (Å²) in [6.07, 6.45) is 5.90. The number of aromatic nitrogens is 4. The quantitative estimate of drug-likeness (QED) is 0.350. The Morgan fingerprint density at radius 1 is 1.03 bits per heavy atom. The highest BCUT2D eigenvalue weighted by molar-refractivity contribution is 7.98. The monoisotopic (exact) mass is 453 g/mol. The first-order chi connectivity index (χ1) is 15.2. The molecule has 0 unspecified atom stereocenters. The van der Waals surface area contributed by atoms with Crippen LogP contribution >= 0.6 is 23.1 Å². The van der Waals surface area contributed by atoms with Crippen LogP contribution in [-0.4, -0.2) is 27.0 Å². The second kappa shape index (κ2) is 7.69. The summed E-state index contributed by atoms with van der Waals surface area (Å²) in [5.74, 6) is 3.58. The van der Waals surface area contributed by atoms with E-state index < -0.39 is 0 Å². The molecule has 0 bridgehead atoms. The molecule has 4 aromatic rings. The minimum Gasteiger partial charge on any atom is -0.454 e. The predicted molar refractivity (Wildman–Crippen MR) is 119 cm³/mol. The minimum atomic E-state index is 0.227. The van der Waals surface area contributed by atoms with Gasteiger partial charge in [-0.05, 0) is 49.4 Å². The third kappa shape index (κ3) is 3.49. The molecule has 1 aliphatic carbocycles. The summed E-state index contributed by atoms with van der Waals surface area (Å²) in [5, 5.41) is 9.80. The zero-order valence-electron chi connectivity index (χ0n) is 16.6. The van der Waals surface area contributed by atoms with Crippen molar-refractivity contribution in [3.63, 3.8) is 0 Å². The number of fused-ring (bicyclic) bond motifs is 4. The maximum atomic E-state index is 6.34. The van der Waals surface area contributed by atoms with Crippen molar-refractivity contribution in [1.82, 2.24) is 20.2 Å². The summed E-state index contributed by atoms with van der Waals surface area (Å²) in [7, 11) is 0. The topological polar surface area (TPSA) is 109 Å². The van der Waals surface area contributed by atoms with Crippen LogP contribution in [0.4, 0.5) is 5.82 Å². The smallest absolute Gasteiger partial charge is 0.277 e. The molecule has 0 spiro atoms. The number of ether oxygens (including phenoxy) is 2. The van der Waals surface area contributed by atoms with E-state index in [1.807, 2.05) is 18.2 Å². The third-order valence-corrected chi connectivity index (χ3v) is 7.49. The summed E-state index contributed by atoms with van der Waals surface area (Å²) in [5.41, 5.74) is 8.49. The molecule has 1 aliphatic heterocycles. The molecule has 31 heavy (non-hydrogen) atoms. The lowest BCUT2D eigenvalue weighted by Gasteiger charge is -2.03. The SMILES string of the molecule is Nc1nc(CSc2nnc(-c3ccc4c(c3)OCO4)o2)nc2sc3c(c12)CCCCC3. The average molecular weight is 454 g/mol. The zero-order chi connectivity index (χ0) is 20.8. The van der Waals surface area contributed by atoms with Crippen LogP contribution < -0.4 is 15.2 Å². The number of nitrogen functional groups attached to an aromatic ring is 1. The molecule has 0 saturated carbocycles. The molecule has 10 heteroatoms. The van der Waals surface area contributed by atoms with Crippen LogP contribution in [0.25, 0.3) is 21.7 Å². The van der Waals surface area contributed by atoms with E-state index in [4.69, 9.17) is 24.6 Å². The Balaban J connectivity index is 1.21. The summed E-state index contributed by atoms with van der Waals surface area (Å²) in [4.78, 5) is 11.7. The number of hydrogen-bond acceptors (Lipinski definition) is 10. The number of aryl methyl sites for hydroxylation is 2. The van der Waals surface area contributed by atoms with E-state index in [1.165, 1.54) is 41.5 Å².